The molecule has 3 N–H and O–H groups in total. The lowest BCUT2D eigenvalue weighted by Crippen LogP contribution is -2.36. The van der Waals surface area contributed by atoms with E-state index in [1.807, 2.05) is 42.5 Å². The Hall–Kier alpha value is -3.48. The van der Waals surface area contributed by atoms with Gasteiger partial charge in [0.15, 0.2) is 5.65 Å². The number of hydrogen-bond acceptors (Lipinski definition) is 7. The molecule has 1 fully saturated rings. The molecular weight excluding hydrogens is 535 g/mol. The fourth-order valence-electron chi connectivity index (χ4n) is 5.29. The molecule has 2 aliphatic rings. The molecule has 41 heavy (non-hydrogen) atoms. The standard InChI is InChI=1S/C29H36F3N7O2/c30-29(31,32)13-10-25(40)38-18-11-21(12-19-38)24-5-4-17-39-26(24)35-28(36-39)34-23-8-6-22(7-9-23)27(41)33-14-20-37-15-2-1-3-16-37/h4-9,11,17,27,33,41H,1-3,10,12-16,18-20H2,(H,34,36). The number of benzene rings is 1. The number of nitrogens with zero attached hydrogens (tertiary/aromatic N) is 5. The molecule has 1 amide bonds. The number of hydrogen-bond donors (Lipinski definition) is 3. The third-order valence-electron chi connectivity index (χ3n) is 7.59. The summed E-state index contributed by atoms with van der Waals surface area (Å²) in [6.07, 6.45) is 1.26. The molecule has 1 unspecified atom stereocenters. The molecule has 0 saturated carbocycles. The summed E-state index contributed by atoms with van der Waals surface area (Å²) in [5.74, 6) is -0.0812. The number of aliphatic hydroxyl groups is 1. The molecule has 0 spiro atoms. The average Bonchev–Trinajstić information content (AvgIpc) is 3.39. The van der Waals surface area contributed by atoms with Gasteiger partial charge in [0.05, 0.1) is 6.42 Å². The number of halogens is 3. The molecule has 2 aromatic heterocycles. The van der Waals surface area contributed by atoms with Crippen LogP contribution in [0.1, 0.15) is 55.9 Å². The molecule has 1 aromatic carbocycles. The average molecular weight is 572 g/mol. The number of amides is 1. The molecule has 9 nitrogen and oxygen atoms in total. The number of piperidine rings is 1. The molecule has 0 radical (unpaired) electrons. The van der Waals surface area contributed by atoms with Crippen LogP contribution in [0.2, 0.25) is 0 Å². The minimum Gasteiger partial charge on any atom is -0.374 e. The predicted octanol–water partition coefficient (Wildman–Crippen LogP) is 4.50. The lowest BCUT2D eigenvalue weighted by molar-refractivity contribution is -0.148. The first-order valence-corrected chi connectivity index (χ1v) is 14.2. The van der Waals surface area contributed by atoms with Gasteiger partial charge in [-0.2, -0.15) is 18.2 Å². The number of alkyl halides is 3. The van der Waals surface area contributed by atoms with Crippen molar-refractivity contribution in [1.82, 2.24) is 29.7 Å². The van der Waals surface area contributed by atoms with Crippen LogP contribution in [-0.2, 0) is 4.79 Å². The van der Waals surface area contributed by atoms with Crippen LogP contribution in [0.3, 0.4) is 0 Å². The summed E-state index contributed by atoms with van der Waals surface area (Å²) in [4.78, 5) is 20.7. The van der Waals surface area contributed by atoms with Crippen LogP contribution in [-0.4, -0.2) is 80.9 Å². The number of carbonyl (C=O) groups excluding carboxylic acids is 1. The first-order chi connectivity index (χ1) is 19.7. The van der Waals surface area contributed by atoms with Crippen LogP contribution in [0.5, 0.6) is 0 Å². The number of carbonyl (C=O) groups is 1. The number of pyridine rings is 1. The minimum absolute atomic E-state index is 0.262. The van der Waals surface area contributed by atoms with Gasteiger partial charge in [-0.25, -0.2) is 4.52 Å². The monoisotopic (exact) mass is 571 g/mol. The molecule has 2 aliphatic heterocycles. The third-order valence-corrected chi connectivity index (χ3v) is 7.59. The SMILES string of the molecule is O=C(CCC(F)(F)F)N1CC=C(c2cccn3nc(Nc4ccc(C(O)NCCN5CCCCC5)cc4)nc23)CC1. The smallest absolute Gasteiger partial charge is 0.374 e. The van der Waals surface area contributed by atoms with Gasteiger partial charge in [-0.1, -0.05) is 24.6 Å². The summed E-state index contributed by atoms with van der Waals surface area (Å²) < 4.78 is 39.1. The first kappa shape index (κ1) is 29.0. The molecule has 0 bridgehead atoms. The van der Waals surface area contributed by atoms with Crippen molar-refractivity contribution < 1.29 is 23.1 Å². The van der Waals surface area contributed by atoms with E-state index in [9.17, 15) is 23.1 Å². The molecule has 220 valence electrons. The lowest BCUT2D eigenvalue weighted by Gasteiger charge is -2.27. The summed E-state index contributed by atoms with van der Waals surface area (Å²) in [7, 11) is 0. The van der Waals surface area contributed by atoms with Gasteiger partial charge in [-0.15, -0.1) is 5.10 Å². The second-order valence-electron chi connectivity index (χ2n) is 10.6. The fourth-order valence-corrected chi connectivity index (χ4v) is 5.29. The Morgan fingerprint density at radius 1 is 1.07 bits per heavy atom. The van der Waals surface area contributed by atoms with Gasteiger partial charge in [0.1, 0.15) is 6.23 Å². The van der Waals surface area contributed by atoms with Crippen LogP contribution in [0.15, 0.2) is 48.7 Å². The van der Waals surface area contributed by atoms with Crippen molar-refractivity contribution in [3.8, 4) is 0 Å². The molecule has 1 saturated heterocycles. The Labute approximate surface area is 237 Å². The van der Waals surface area contributed by atoms with Crippen molar-refractivity contribution in [1.29, 1.82) is 0 Å². The number of fused-ring (bicyclic) bond motifs is 1. The zero-order chi connectivity index (χ0) is 28.8. The van der Waals surface area contributed by atoms with Gasteiger partial charge in [0.25, 0.3) is 0 Å². The van der Waals surface area contributed by atoms with Gasteiger partial charge in [0.2, 0.25) is 11.9 Å². The van der Waals surface area contributed by atoms with Gasteiger partial charge in [-0.05, 0) is 67.8 Å². The van der Waals surface area contributed by atoms with Gasteiger partial charge >= 0.3 is 6.18 Å². The van der Waals surface area contributed by atoms with Crippen molar-refractivity contribution in [2.75, 3.05) is 44.6 Å². The summed E-state index contributed by atoms with van der Waals surface area (Å²) in [6.45, 7) is 4.52. The largest absolute Gasteiger partial charge is 0.389 e. The van der Waals surface area contributed by atoms with Crippen molar-refractivity contribution in [3.05, 3.63) is 59.8 Å². The van der Waals surface area contributed by atoms with E-state index < -0.39 is 31.2 Å². The Bertz CT molecular complexity index is 1350. The minimum atomic E-state index is -4.34. The highest BCUT2D eigenvalue weighted by atomic mass is 19.4. The van der Waals surface area contributed by atoms with Crippen LogP contribution >= 0.6 is 0 Å². The topological polar surface area (TPSA) is 98.0 Å². The normalized spacial score (nSPS) is 17.5. The van der Waals surface area contributed by atoms with Crippen LogP contribution < -0.4 is 10.6 Å². The number of aliphatic hydroxyl groups excluding tert-OH is 1. The Morgan fingerprint density at radius 3 is 2.56 bits per heavy atom. The maximum Gasteiger partial charge on any atom is 0.389 e. The van der Waals surface area contributed by atoms with E-state index in [1.165, 1.54) is 24.2 Å². The molecule has 5 rings (SSSR count). The highest BCUT2D eigenvalue weighted by molar-refractivity contribution is 5.81. The number of nitrogens with one attached hydrogen (secondary N) is 2. The number of likely N-dealkylation sites (tertiary alicyclic amines) is 1. The molecule has 12 heteroatoms. The van der Waals surface area contributed by atoms with Crippen molar-refractivity contribution in [2.24, 2.45) is 0 Å². The van der Waals surface area contributed by atoms with Crippen molar-refractivity contribution >= 4 is 28.8 Å². The summed E-state index contributed by atoms with van der Waals surface area (Å²) in [5.41, 5.74) is 4.03. The van der Waals surface area contributed by atoms with Crippen LogP contribution in [0.4, 0.5) is 24.8 Å². The molecule has 1 atom stereocenters. The number of aromatic nitrogens is 3. The van der Waals surface area contributed by atoms with Gasteiger partial charge < -0.3 is 20.2 Å². The van der Waals surface area contributed by atoms with Crippen molar-refractivity contribution in [2.45, 2.75) is 50.9 Å². The Balaban J connectivity index is 1.18. The summed E-state index contributed by atoms with van der Waals surface area (Å²) >= 11 is 0. The molecular formula is C29H36F3N7O2. The maximum atomic E-state index is 12.5. The maximum absolute atomic E-state index is 12.5. The van der Waals surface area contributed by atoms with E-state index >= 15 is 0 Å². The number of rotatable bonds is 10. The summed E-state index contributed by atoms with van der Waals surface area (Å²) in [5, 5.41) is 21.5. The second kappa shape index (κ2) is 13.0. The van der Waals surface area contributed by atoms with E-state index in [2.05, 4.69) is 25.6 Å². The van der Waals surface area contributed by atoms with Crippen molar-refractivity contribution in [3.63, 3.8) is 0 Å². The zero-order valence-electron chi connectivity index (χ0n) is 22.9. The number of anilines is 2. The Morgan fingerprint density at radius 2 is 1.85 bits per heavy atom. The van der Waals surface area contributed by atoms with E-state index in [1.54, 1.807) is 10.7 Å². The highest BCUT2D eigenvalue weighted by Gasteiger charge is 2.29. The Kier molecular flexibility index (Phi) is 9.21. The predicted molar refractivity (Wildman–Crippen MR) is 150 cm³/mol. The van der Waals surface area contributed by atoms with E-state index in [-0.39, 0.29) is 6.54 Å². The molecule has 3 aromatic rings. The quantitative estimate of drug-likeness (QED) is 0.309. The van der Waals surface area contributed by atoms with Gasteiger partial charge in [-0.3, -0.25) is 10.1 Å². The van der Waals surface area contributed by atoms with Gasteiger partial charge in [0, 0.05) is 50.0 Å². The summed E-state index contributed by atoms with van der Waals surface area (Å²) in [6, 6.07) is 11.2. The van der Waals surface area contributed by atoms with E-state index in [0.717, 1.165) is 48.6 Å². The second-order valence-corrected chi connectivity index (χ2v) is 10.6. The van der Waals surface area contributed by atoms with Crippen LogP contribution in [0.25, 0.3) is 11.2 Å². The fraction of sp³-hybridized carbons (Fsp3) is 0.483. The third kappa shape index (κ3) is 7.84. The zero-order valence-corrected chi connectivity index (χ0v) is 22.9. The molecule has 4 heterocycles. The molecule has 0 aliphatic carbocycles. The van der Waals surface area contributed by atoms with E-state index in [0.29, 0.717) is 24.6 Å². The highest BCUT2D eigenvalue weighted by Crippen LogP contribution is 2.28. The van der Waals surface area contributed by atoms with Crippen LogP contribution in [0, 0.1) is 0 Å². The lowest BCUT2D eigenvalue weighted by atomic mass is 10.00. The van der Waals surface area contributed by atoms with E-state index in [4.69, 9.17) is 0 Å². The first-order valence-electron chi connectivity index (χ1n) is 14.2.